The summed E-state index contributed by atoms with van der Waals surface area (Å²) in [4.78, 5) is 5.30. The number of rotatable bonds is 3. The summed E-state index contributed by atoms with van der Waals surface area (Å²) in [7, 11) is 0. The molecule has 0 unspecified atom stereocenters. The molecule has 0 aliphatic rings. The Morgan fingerprint density at radius 1 is 0.467 bits per heavy atom. The number of benzene rings is 6. The van der Waals surface area contributed by atoms with E-state index in [9.17, 15) is 0 Å². The molecule has 4 heteroatoms. The molecule has 0 N–H and O–H groups in total. The third kappa shape index (κ3) is 3.70. The zero-order chi connectivity index (χ0) is 29.5. The molecule has 2 nitrogen and oxygen atoms in total. The average molecular weight is 609 g/mol. The summed E-state index contributed by atoms with van der Waals surface area (Å²) in [5, 5.41) is 6.43. The lowest BCUT2D eigenvalue weighted by Gasteiger charge is -2.11. The van der Waals surface area contributed by atoms with E-state index < -0.39 is 0 Å². The highest BCUT2D eigenvalue weighted by Gasteiger charge is 2.20. The summed E-state index contributed by atoms with van der Waals surface area (Å²) in [5.41, 5.74) is 9.13. The molecule has 10 rings (SSSR count). The summed E-state index contributed by atoms with van der Waals surface area (Å²) in [6.45, 7) is 0. The van der Waals surface area contributed by atoms with Crippen LogP contribution in [0, 0.1) is 0 Å². The van der Waals surface area contributed by atoms with Gasteiger partial charge in [-0.2, -0.15) is 0 Å². The maximum Gasteiger partial charge on any atom is 0.0971 e. The number of hydrogen-bond donors (Lipinski definition) is 0. The van der Waals surface area contributed by atoms with Crippen LogP contribution >= 0.6 is 22.7 Å². The molecule has 210 valence electrons. The summed E-state index contributed by atoms with van der Waals surface area (Å²) in [6.07, 6.45) is 0. The van der Waals surface area contributed by atoms with Crippen molar-refractivity contribution in [3.05, 3.63) is 146 Å². The van der Waals surface area contributed by atoms with Crippen LogP contribution in [-0.2, 0) is 0 Å². The van der Waals surface area contributed by atoms with Gasteiger partial charge in [-0.15, -0.1) is 22.7 Å². The Bertz CT molecular complexity index is 2750. The Hall–Kier alpha value is -5.29. The number of fused-ring (bicyclic) bond motifs is 10. The van der Waals surface area contributed by atoms with Gasteiger partial charge in [0.15, 0.2) is 0 Å². The Kier molecular flexibility index (Phi) is 5.35. The van der Waals surface area contributed by atoms with Gasteiger partial charge in [-0.25, -0.2) is 4.98 Å². The first-order valence-corrected chi connectivity index (χ1v) is 16.8. The minimum absolute atomic E-state index is 0.990. The van der Waals surface area contributed by atoms with Crippen LogP contribution in [0.1, 0.15) is 0 Å². The molecule has 10 aromatic rings. The molecule has 0 atom stereocenters. The van der Waals surface area contributed by atoms with E-state index in [1.165, 1.54) is 62.4 Å². The van der Waals surface area contributed by atoms with Gasteiger partial charge in [-0.1, -0.05) is 97.1 Å². The van der Waals surface area contributed by atoms with Crippen molar-refractivity contribution >= 4 is 85.0 Å². The van der Waals surface area contributed by atoms with Crippen LogP contribution < -0.4 is 0 Å². The second kappa shape index (κ2) is 9.60. The van der Waals surface area contributed by atoms with Gasteiger partial charge in [0, 0.05) is 57.0 Å². The summed E-state index contributed by atoms with van der Waals surface area (Å²) in [5.74, 6) is 0. The fraction of sp³-hybridized carbons (Fsp3) is 0. The van der Waals surface area contributed by atoms with E-state index in [2.05, 4.69) is 150 Å². The van der Waals surface area contributed by atoms with Crippen molar-refractivity contribution in [2.75, 3.05) is 0 Å². The average Bonchev–Trinajstić information content (AvgIpc) is 3.78. The third-order valence-electron chi connectivity index (χ3n) is 9.02. The number of pyridine rings is 1. The Labute approximate surface area is 267 Å². The monoisotopic (exact) mass is 608 g/mol. The van der Waals surface area contributed by atoms with Crippen molar-refractivity contribution in [1.82, 2.24) is 9.55 Å². The van der Waals surface area contributed by atoms with E-state index in [0.29, 0.717) is 0 Å². The summed E-state index contributed by atoms with van der Waals surface area (Å²) >= 11 is 3.74. The van der Waals surface area contributed by atoms with Crippen molar-refractivity contribution in [2.24, 2.45) is 0 Å². The number of thiophene rings is 2. The van der Waals surface area contributed by atoms with Crippen LogP contribution in [0.3, 0.4) is 0 Å². The Morgan fingerprint density at radius 2 is 1.20 bits per heavy atom. The highest BCUT2D eigenvalue weighted by Crippen LogP contribution is 2.44. The van der Waals surface area contributed by atoms with Crippen LogP contribution in [0.25, 0.3) is 90.4 Å². The first-order chi connectivity index (χ1) is 22.3. The van der Waals surface area contributed by atoms with E-state index in [0.717, 1.165) is 28.0 Å². The van der Waals surface area contributed by atoms with Gasteiger partial charge < -0.3 is 4.57 Å². The van der Waals surface area contributed by atoms with E-state index in [-0.39, 0.29) is 0 Å². The topological polar surface area (TPSA) is 17.8 Å². The SMILES string of the molecule is c1ccc(-c2ccc3c(n2)c2ccc4sc5ccccc5c4c2n3-c2ccc(-c3cccc4c3sc3ccccc34)cc2)cc1. The van der Waals surface area contributed by atoms with Gasteiger partial charge in [0.25, 0.3) is 0 Å². The van der Waals surface area contributed by atoms with Crippen molar-refractivity contribution < 1.29 is 0 Å². The fourth-order valence-corrected chi connectivity index (χ4v) is 9.32. The van der Waals surface area contributed by atoms with Gasteiger partial charge in [-0.05, 0) is 59.7 Å². The second-order valence-corrected chi connectivity index (χ2v) is 13.7. The highest BCUT2D eigenvalue weighted by molar-refractivity contribution is 7.26. The van der Waals surface area contributed by atoms with Gasteiger partial charge in [0.05, 0.1) is 22.2 Å². The van der Waals surface area contributed by atoms with Gasteiger partial charge >= 0.3 is 0 Å². The number of nitrogens with zero attached hydrogens (tertiary/aromatic N) is 2. The molecule has 4 aromatic heterocycles. The van der Waals surface area contributed by atoms with Crippen molar-refractivity contribution in [3.8, 4) is 28.1 Å². The van der Waals surface area contributed by atoms with Gasteiger partial charge in [0.2, 0.25) is 0 Å². The first-order valence-electron chi connectivity index (χ1n) is 15.1. The van der Waals surface area contributed by atoms with Gasteiger partial charge in [0.1, 0.15) is 0 Å². The zero-order valence-corrected chi connectivity index (χ0v) is 25.7. The van der Waals surface area contributed by atoms with Crippen molar-refractivity contribution in [2.45, 2.75) is 0 Å². The molecule has 6 aromatic carbocycles. The molecule has 0 radical (unpaired) electrons. The Balaban J connectivity index is 1.23. The lowest BCUT2D eigenvalue weighted by molar-refractivity contribution is 1.18. The Morgan fingerprint density at radius 3 is 2.04 bits per heavy atom. The van der Waals surface area contributed by atoms with Crippen molar-refractivity contribution in [3.63, 3.8) is 0 Å². The van der Waals surface area contributed by atoms with E-state index >= 15 is 0 Å². The highest BCUT2D eigenvalue weighted by atomic mass is 32.1. The fourth-order valence-electron chi connectivity index (χ4n) is 6.98. The molecule has 0 saturated heterocycles. The van der Waals surface area contributed by atoms with Crippen LogP contribution in [0.5, 0.6) is 0 Å². The molecule has 0 aliphatic heterocycles. The molecule has 0 saturated carbocycles. The molecule has 0 fully saturated rings. The molecule has 0 bridgehead atoms. The first kappa shape index (κ1) is 25.1. The molecule has 0 aliphatic carbocycles. The predicted molar refractivity (Wildman–Crippen MR) is 195 cm³/mol. The summed E-state index contributed by atoms with van der Waals surface area (Å²) in [6, 6.07) is 52.7. The molecule has 0 amide bonds. The normalized spacial score (nSPS) is 12.0. The van der Waals surface area contributed by atoms with E-state index in [1.54, 1.807) is 0 Å². The lowest BCUT2D eigenvalue weighted by Crippen LogP contribution is -1.95. The maximum atomic E-state index is 5.30. The van der Waals surface area contributed by atoms with E-state index in [4.69, 9.17) is 4.98 Å². The third-order valence-corrected chi connectivity index (χ3v) is 11.4. The predicted octanol–water partition coefficient (Wildman–Crippen LogP) is 12.2. The lowest BCUT2D eigenvalue weighted by atomic mass is 10.0. The van der Waals surface area contributed by atoms with Gasteiger partial charge in [-0.3, -0.25) is 0 Å². The molecule has 4 heterocycles. The quantitative estimate of drug-likeness (QED) is 0.195. The van der Waals surface area contributed by atoms with Crippen LogP contribution in [0.2, 0.25) is 0 Å². The largest absolute Gasteiger partial charge is 0.307 e. The maximum absolute atomic E-state index is 5.30. The molecule has 45 heavy (non-hydrogen) atoms. The van der Waals surface area contributed by atoms with E-state index in [1.807, 2.05) is 22.7 Å². The van der Waals surface area contributed by atoms with Crippen LogP contribution in [-0.4, -0.2) is 9.55 Å². The second-order valence-electron chi connectivity index (χ2n) is 11.5. The molecular weight excluding hydrogens is 585 g/mol. The zero-order valence-electron chi connectivity index (χ0n) is 24.1. The summed E-state index contributed by atoms with van der Waals surface area (Å²) < 4.78 is 7.70. The van der Waals surface area contributed by atoms with Crippen molar-refractivity contribution in [1.29, 1.82) is 0 Å². The minimum atomic E-state index is 0.990. The smallest absolute Gasteiger partial charge is 0.0971 e. The molecule has 0 spiro atoms. The molecular formula is C41H24N2S2. The standard InChI is InChI=1S/C41H24N2S2/c1-2-9-26(10-3-1)33-22-23-34-39(42-33)32-21-24-37-38(31-12-5-7-16-36(31)44-37)40(32)43(34)27-19-17-25(18-20-27)28-13-8-14-30-29-11-4-6-15-35(29)45-41(28)30/h1-24H. The number of hydrogen-bond acceptors (Lipinski definition) is 3. The minimum Gasteiger partial charge on any atom is -0.307 e. The van der Waals surface area contributed by atoms with Crippen LogP contribution in [0.4, 0.5) is 0 Å². The van der Waals surface area contributed by atoms with Crippen LogP contribution in [0.15, 0.2) is 146 Å². The number of aromatic nitrogens is 2.